The zero-order valence-corrected chi connectivity index (χ0v) is 13.7. The molecule has 0 aliphatic carbocycles. The van der Waals surface area contributed by atoms with E-state index in [0.717, 1.165) is 11.3 Å². The van der Waals surface area contributed by atoms with Crippen molar-refractivity contribution in [3.05, 3.63) is 51.4 Å². The highest BCUT2D eigenvalue weighted by atomic mass is 35.5. The number of aryl methyl sites for hydroxylation is 1. The van der Waals surface area contributed by atoms with Gasteiger partial charge in [0.15, 0.2) is 0 Å². The molecular formula is C16H15ClN4O2. The molecule has 3 rings (SSSR count). The first-order valence-electron chi connectivity index (χ1n) is 7.13. The minimum absolute atomic E-state index is 0.109. The van der Waals surface area contributed by atoms with Crippen molar-refractivity contribution in [3.63, 3.8) is 0 Å². The monoisotopic (exact) mass is 330 g/mol. The molecule has 0 unspecified atom stereocenters. The summed E-state index contributed by atoms with van der Waals surface area (Å²) in [6.07, 6.45) is 3.11. The fraction of sp³-hybridized carbons (Fsp3) is 0.250. The van der Waals surface area contributed by atoms with Crippen molar-refractivity contribution in [2.45, 2.75) is 26.7 Å². The van der Waals surface area contributed by atoms with Crippen LogP contribution >= 0.6 is 11.6 Å². The second-order valence-corrected chi connectivity index (χ2v) is 5.98. The van der Waals surface area contributed by atoms with E-state index < -0.39 is 5.69 Å². The molecule has 6 nitrogen and oxygen atoms in total. The van der Waals surface area contributed by atoms with Crippen LogP contribution < -0.4 is 5.69 Å². The number of hydrogen-bond acceptors (Lipinski definition) is 5. The second kappa shape index (κ2) is 5.62. The molecule has 0 aliphatic rings. The van der Waals surface area contributed by atoms with Crippen molar-refractivity contribution in [1.29, 1.82) is 0 Å². The first-order chi connectivity index (χ1) is 10.9. The maximum absolute atomic E-state index is 12.5. The molecule has 0 bridgehead atoms. The van der Waals surface area contributed by atoms with E-state index in [0.29, 0.717) is 16.6 Å². The highest BCUT2D eigenvalue weighted by Gasteiger charge is 2.19. The van der Waals surface area contributed by atoms with Gasteiger partial charge in [0, 0.05) is 18.5 Å². The standard InChI is InChI=1S/C16H15ClN4O2/c1-8(2)13-14(9(3)4-5-18-13)21-11-6-12(17)19-7-10(11)15(22)20-16(21)23/h4-8H,1-3H3,(H,20,22,23). The normalized spacial score (nSPS) is 11.3. The topological polar surface area (TPSA) is 80.9 Å². The molecule has 0 aliphatic heterocycles. The van der Waals surface area contributed by atoms with E-state index in [1.165, 1.54) is 16.8 Å². The Morgan fingerprint density at radius 3 is 2.74 bits per heavy atom. The van der Waals surface area contributed by atoms with Gasteiger partial charge in [-0.15, -0.1) is 0 Å². The molecular weight excluding hydrogens is 316 g/mol. The lowest BCUT2D eigenvalue weighted by molar-refractivity contribution is 0.455. The summed E-state index contributed by atoms with van der Waals surface area (Å²) in [5, 5.41) is 10.5. The SMILES string of the molecule is Cc1ccnc(C(C)C)c1-n1c(=O)nc(O)c2cnc(Cl)cc21. The molecule has 0 atom stereocenters. The molecule has 118 valence electrons. The molecule has 0 aromatic carbocycles. The van der Waals surface area contributed by atoms with E-state index in [9.17, 15) is 9.90 Å². The third kappa shape index (κ3) is 2.55. The number of pyridine rings is 2. The van der Waals surface area contributed by atoms with Gasteiger partial charge in [0.1, 0.15) is 5.15 Å². The third-order valence-electron chi connectivity index (χ3n) is 3.65. The second-order valence-electron chi connectivity index (χ2n) is 5.59. The first kappa shape index (κ1) is 15.4. The largest absolute Gasteiger partial charge is 0.493 e. The maximum Gasteiger partial charge on any atom is 0.356 e. The fourth-order valence-corrected chi connectivity index (χ4v) is 2.73. The fourth-order valence-electron chi connectivity index (χ4n) is 2.58. The summed E-state index contributed by atoms with van der Waals surface area (Å²) >= 11 is 5.98. The van der Waals surface area contributed by atoms with Crippen LogP contribution in [0.4, 0.5) is 0 Å². The number of aromatic hydroxyl groups is 1. The van der Waals surface area contributed by atoms with Gasteiger partial charge in [0.2, 0.25) is 5.88 Å². The Kier molecular flexibility index (Phi) is 3.77. The van der Waals surface area contributed by atoms with E-state index in [1.807, 2.05) is 26.8 Å². The van der Waals surface area contributed by atoms with Gasteiger partial charge in [-0.25, -0.2) is 9.78 Å². The predicted molar refractivity (Wildman–Crippen MR) is 88.4 cm³/mol. The van der Waals surface area contributed by atoms with E-state index in [1.54, 1.807) is 6.20 Å². The summed E-state index contributed by atoms with van der Waals surface area (Å²) < 4.78 is 1.43. The van der Waals surface area contributed by atoms with Gasteiger partial charge in [-0.3, -0.25) is 9.55 Å². The Balaban J connectivity index is 2.52. The van der Waals surface area contributed by atoms with E-state index in [4.69, 9.17) is 11.6 Å². The summed E-state index contributed by atoms with van der Waals surface area (Å²) in [5.74, 6) is -0.254. The molecule has 0 fully saturated rings. The third-order valence-corrected chi connectivity index (χ3v) is 3.85. The Hall–Kier alpha value is -2.47. The molecule has 3 aromatic heterocycles. The highest BCUT2D eigenvalue weighted by molar-refractivity contribution is 6.30. The highest BCUT2D eigenvalue weighted by Crippen LogP contribution is 2.28. The Bertz CT molecular complexity index is 966. The van der Waals surface area contributed by atoms with Gasteiger partial charge in [-0.2, -0.15) is 4.98 Å². The zero-order chi connectivity index (χ0) is 16.7. The van der Waals surface area contributed by atoms with Crippen molar-refractivity contribution in [2.75, 3.05) is 0 Å². The smallest absolute Gasteiger partial charge is 0.356 e. The van der Waals surface area contributed by atoms with Crippen LogP contribution in [0.1, 0.15) is 31.0 Å². The molecule has 0 radical (unpaired) electrons. The Morgan fingerprint density at radius 1 is 1.30 bits per heavy atom. The molecule has 3 heterocycles. The molecule has 7 heteroatoms. The molecule has 0 spiro atoms. The Labute approximate surface area is 137 Å². The Morgan fingerprint density at radius 2 is 2.04 bits per heavy atom. The predicted octanol–water partition coefficient (Wildman–Crippen LogP) is 2.97. The maximum atomic E-state index is 12.5. The van der Waals surface area contributed by atoms with Crippen molar-refractivity contribution < 1.29 is 5.11 Å². The quantitative estimate of drug-likeness (QED) is 0.730. The van der Waals surface area contributed by atoms with Gasteiger partial charge in [0.05, 0.1) is 22.3 Å². The molecule has 3 aromatic rings. The van der Waals surface area contributed by atoms with Crippen LogP contribution in [0, 0.1) is 6.92 Å². The minimum Gasteiger partial charge on any atom is -0.493 e. The molecule has 0 saturated carbocycles. The summed E-state index contributed by atoms with van der Waals surface area (Å²) in [5.41, 5.74) is 2.17. The van der Waals surface area contributed by atoms with Crippen molar-refractivity contribution in [3.8, 4) is 11.6 Å². The summed E-state index contributed by atoms with van der Waals surface area (Å²) in [7, 11) is 0. The number of nitrogens with zero attached hydrogens (tertiary/aromatic N) is 4. The van der Waals surface area contributed by atoms with Gasteiger partial charge < -0.3 is 5.11 Å². The number of aromatic nitrogens is 4. The lowest BCUT2D eigenvalue weighted by Crippen LogP contribution is -2.24. The summed E-state index contributed by atoms with van der Waals surface area (Å²) in [4.78, 5) is 24.6. The van der Waals surface area contributed by atoms with Crippen LogP contribution in [0.25, 0.3) is 16.6 Å². The van der Waals surface area contributed by atoms with Crippen LogP contribution in [-0.2, 0) is 0 Å². The summed E-state index contributed by atoms with van der Waals surface area (Å²) in [6.45, 7) is 5.90. The van der Waals surface area contributed by atoms with Gasteiger partial charge >= 0.3 is 5.69 Å². The van der Waals surface area contributed by atoms with Crippen LogP contribution in [0.5, 0.6) is 5.88 Å². The van der Waals surface area contributed by atoms with Crippen LogP contribution in [0.2, 0.25) is 5.15 Å². The van der Waals surface area contributed by atoms with E-state index in [-0.39, 0.29) is 17.0 Å². The van der Waals surface area contributed by atoms with Crippen molar-refractivity contribution >= 4 is 22.5 Å². The average molecular weight is 331 g/mol. The number of hydrogen-bond donors (Lipinski definition) is 1. The molecule has 0 saturated heterocycles. The number of fused-ring (bicyclic) bond motifs is 1. The van der Waals surface area contributed by atoms with Crippen LogP contribution in [0.15, 0.2) is 29.3 Å². The molecule has 23 heavy (non-hydrogen) atoms. The van der Waals surface area contributed by atoms with Crippen LogP contribution in [-0.4, -0.2) is 24.6 Å². The molecule has 1 N–H and O–H groups in total. The zero-order valence-electron chi connectivity index (χ0n) is 12.9. The van der Waals surface area contributed by atoms with Crippen LogP contribution in [0.3, 0.4) is 0 Å². The lowest BCUT2D eigenvalue weighted by Gasteiger charge is -2.17. The van der Waals surface area contributed by atoms with Crippen molar-refractivity contribution in [2.24, 2.45) is 0 Å². The average Bonchev–Trinajstić information content (AvgIpc) is 2.48. The minimum atomic E-state index is -0.588. The van der Waals surface area contributed by atoms with Gasteiger partial charge in [0.25, 0.3) is 0 Å². The summed E-state index contributed by atoms with van der Waals surface area (Å²) in [6, 6.07) is 3.37. The first-order valence-corrected chi connectivity index (χ1v) is 7.51. The van der Waals surface area contributed by atoms with E-state index >= 15 is 0 Å². The lowest BCUT2D eigenvalue weighted by atomic mass is 10.0. The molecule has 0 amide bonds. The van der Waals surface area contributed by atoms with E-state index in [2.05, 4.69) is 15.0 Å². The van der Waals surface area contributed by atoms with Crippen molar-refractivity contribution in [1.82, 2.24) is 19.5 Å². The van der Waals surface area contributed by atoms with Gasteiger partial charge in [-0.05, 0) is 24.5 Å². The van der Waals surface area contributed by atoms with Gasteiger partial charge in [-0.1, -0.05) is 25.4 Å². The number of rotatable bonds is 2. The number of halogens is 1.